The van der Waals surface area contributed by atoms with Crippen LogP contribution >= 0.6 is 0 Å². The van der Waals surface area contributed by atoms with Crippen LogP contribution in [0.3, 0.4) is 0 Å². The Bertz CT molecular complexity index is 695. The highest BCUT2D eigenvalue weighted by Gasteiger charge is 2.09. The molecule has 0 atom stereocenters. The standard InChI is InChI=1S/C14H15N3/c1-8(2)14-16-12-5-4-11-10(13(12)17-14)6-9(3)7-15-11/h4-8H,1-3H3,(H,16,17). The van der Waals surface area contributed by atoms with E-state index in [0.29, 0.717) is 5.92 Å². The monoisotopic (exact) mass is 225 g/mol. The number of aromatic amines is 1. The number of nitrogens with zero attached hydrogens (tertiary/aromatic N) is 2. The molecule has 86 valence electrons. The number of benzene rings is 1. The number of H-pyrrole nitrogens is 1. The summed E-state index contributed by atoms with van der Waals surface area (Å²) >= 11 is 0. The molecule has 0 fully saturated rings. The van der Waals surface area contributed by atoms with E-state index in [2.05, 4.69) is 47.9 Å². The highest BCUT2D eigenvalue weighted by atomic mass is 14.9. The fraction of sp³-hybridized carbons (Fsp3) is 0.286. The molecular weight excluding hydrogens is 210 g/mol. The lowest BCUT2D eigenvalue weighted by molar-refractivity contribution is 0.799. The molecule has 0 aliphatic heterocycles. The van der Waals surface area contributed by atoms with Crippen LogP contribution in [-0.4, -0.2) is 15.0 Å². The molecule has 0 bridgehead atoms. The normalized spacial score (nSPS) is 11.8. The van der Waals surface area contributed by atoms with Gasteiger partial charge in [-0.05, 0) is 30.7 Å². The van der Waals surface area contributed by atoms with Crippen molar-refractivity contribution in [3.8, 4) is 0 Å². The van der Waals surface area contributed by atoms with E-state index in [-0.39, 0.29) is 0 Å². The van der Waals surface area contributed by atoms with Crippen LogP contribution in [0.4, 0.5) is 0 Å². The maximum atomic E-state index is 4.69. The maximum Gasteiger partial charge on any atom is 0.109 e. The molecule has 0 saturated carbocycles. The Morgan fingerprint density at radius 1 is 1.24 bits per heavy atom. The predicted molar refractivity (Wildman–Crippen MR) is 70.2 cm³/mol. The summed E-state index contributed by atoms with van der Waals surface area (Å²) in [4.78, 5) is 12.5. The summed E-state index contributed by atoms with van der Waals surface area (Å²) in [5.74, 6) is 1.45. The third-order valence-corrected chi connectivity index (χ3v) is 3.02. The molecule has 2 aromatic heterocycles. The van der Waals surface area contributed by atoms with Gasteiger partial charge >= 0.3 is 0 Å². The van der Waals surface area contributed by atoms with Crippen LogP contribution in [0.2, 0.25) is 0 Å². The summed E-state index contributed by atoms with van der Waals surface area (Å²) in [5, 5.41) is 1.13. The average Bonchev–Trinajstić information content (AvgIpc) is 2.73. The summed E-state index contributed by atoms with van der Waals surface area (Å²) in [6.45, 7) is 6.34. The van der Waals surface area contributed by atoms with Crippen molar-refractivity contribution < 1.29 is 0 Å². The van der Waals surface area contributed by atoms with Crippen molar-refractivity contribution in [2.75, 3.05) is 0 Å². The molecule has 0 amide bonds. The number of pyridine rings is 1. The van der Waals surface area contributed by atoms with Crippen molar-refractivity contribution >= 4 is 21.9 Å². The lowest BCUT2D eigenvalue weighted by Gasteiger charge is -1.98. The molecule has 3 heteroatoms. The molecule has 3 nitrogen and oxygen atoms in total. The molecule has 0 unspecified atom stereocenters. The molecule has 0 aliphatic carbocycles. The van der Waals surface area contributed by atoms with Gasteiger partial charge < -0.3 is 4.98 Å². The Morgan fingerprint density at radius 3 is 2.82 bits per heavy atom. The van der Waals surface area contributed by atoms with E-state index in [1.54, 1.807) is 0 Å². The summed E-state index contributed by atoms with van der Waals surface area (Å²) in [6.07, 6.45) is 1.89. The quantitative estimate of drug-likeness (QED) is 0.688. The largest absolute Gasteiger partial charge is 0.342 e. The summed E-state index contributed by atoms with van der Waals surface area (Å²) in [7, 11) is 0. The van der Waals surface area contributed by atoms with Gasteiger partial charge in [0.25, 0.3) is 0 Å². The zero-order valence-corrected chi connectivity index (χ0v) is 10.3. The second-order valence-electron chi connectivity index (χ2n) is 4.82. The molecule has 0 spiro atoms. The average molecular weight is 225 g/mol. The fourth-order valence-electron chi connectivity index (χ4n) is 2.07. The van der Waals surface area contributed by atoms with E-state index in [0.717, 1.165) is 27.8 Å². The van der Waals surface area contributed by atoms with Gasteiger partial charge in [0.2, 0.25) is 0 Å². The van der Waals surface area contributed by atoms with Gasteiger partial charge in [0.05, 0.1) is 16.6 Å². The second-order valence-corrected chi connectivity index (χ2v) is 4.82. The lowest BCUT2D eigenvalue weighted by Crippen LogP contribution is -1.88. The van der Waals surface area contributed by atoms with Crippen LogP contribution in [0.1, 0.15) is 31.2 Å². The van der Waals surface area contributed by atoms with Gasteiger partial charge in [-0.3, -0.25) is 4.98 Å². The zero-order chi connectivity index (χ0) is 12.0. The highest BCUT2D eigenvalue weighted by molar-refractivity contribution is 6.02. The van der Waals surface area contributed by atoms with E-state index in [4.69, 9.17) is 0 Å². The maximum absolute atomic E-state index is 4.69. The summed E-state index contributed by atoms with van der Waals surface area (Å²) < 4.78 is 0. The van der Waals surface area contributed by atoms with Crippen molar-refractivity contribution in [3.05, 3.63) is 35.8 Å². The van der Waals surface area contributed by atoms with Crippen LogP contribution in [0, 0.1) is 6.92 Å². The van der Waals surface area contributed by atoms with Crippen LogP contribution in [0.5, 0.6) is 0 Å². The summed E-state index contributed by atoms with van der Waals surface area (Å²) in [5.41, 5.74) is 4.29. The number of aromatic nitrogens is 3. The third kappa shape index (κ3) is 1.58. The first kappa shape index (κ1) is 10.3. The number of aryl methyl sites for hydroxylation is 1. The van der Waals surface area contributed by atoms with E-state index in [1.165, 1.54) is 5.56 Å². The van der Waals surface area contributed by atoms with Crippen LogP contribution < -0.4 is 0 Å². The first-order valence-electron chi connectivity index (χ1n) is 5.90. The third-order valence-electron chi connectivity index (χ3n) is 3.02. The Hall–Kier alpha value is -1.90. The Kier molecular flexibility index (Phi) is 2.15. The topological polar surface area (TPSA) is 41.6 Å². The minimum absolute atomic E-state index is 0.412. The van der Waals surface area contributed by atoms with Gasteiger partial charge in [0.15, 0.2) is 0 Å². The number of rotatable bonds is 1. The highest BCUT2D eigenvalue weighted by Crippen LogP contribution is 2.24. The van der Waals surface area contributed by atoms with Crippen LogP contribution in [0.25, 0.3) is 21.9 Å². The van der Waals surface area contributed by atoms with E-state index >= 15 is 0 Å². The molecular formula is C14H15N3. The number of hydrogen-bond donors (Lipinski definition) is 1. The SMILES string of the molecule is Cc1cnc2ccc3[nH]c(C(C)C)nc3c2c1. The van der Waals surface area contributed by atoms with Crippen molar-refractivity contribution in [2.24, 2.45) is 0 Å². The molecule has 2 heterocycles. The lowest BCUT2D eigenvalue weighted by atomic mass is 10.1. The van der Waals surface area contributed by atoms with Gasteiger partial charge in [0, 0.05) is 17.5 Å². The summed E-state index contributed by atoms with van der Waals surface area (Å²) in [6, 6.07) is 6.24. The van der Waals surface area contributed by atoms with Gasteiger partial charge in [-0.25, -0.2) is 4.98 Å². The van der Waals surface area contributed by atoms with Crippen molar-refractivity contribution in [1.29, 1.82) is 0 Å². The molecule has 3 aromatic rings. The fourth-order valence-corrected chi connectivity index (χ4v) is 2.07. The molecule has 1 aromatic carbocycles. The zero-order valence-electron chi connectivity index (χ0n) is 10.3. The van der Waals surface area contributed by atoms with Crippen LogP contribution in [-0.2, 0) is 0 Å². The van der Waals surface area contributed by atoms with Gasteiger partial charge in [0.1, 0.15) is 5.82 Å². The molecule has 0 radical (unpaired) electrons. The number of nitrogens with one attached hydrogen (secondary N) is 1. The van der Waals surface area contributed by atoms with Crippen molar-refractivity contribution in [2.45, 2.75) is 26.7 Å². The molecule has 3 rings (SSSR count). The predicted octanol–water partition coefficient (Wildman–Crippen LogP) is 3.54. The van der Waals surface area contributed by atoms with E-state index in [9.17, 15) is 0 Å². The Labute approximate surface area is 99.9 Å². The van der Waals surface area contributed by atoms with Crippen LogP contribution in [0.15, 0.2) is 24.4 Å². The molecule has 1 N–H and O–H groups in total. The van der Waals surface area contributed by atoms with Gasteiger partial charge in [-0.1, -0.05) is 13.8 Å². The first-order chi connectivity index (χ1) is 8.15. The molecule has 0 aliphatic rings. The molecule has 0 saturated heterocycles. The minimum Gasteiger partial charge on any atom is -0.342 e. The number of fused-ring (bicyclic) bond motifs is 3. The Balaban J connectivity index is 2.41. The van der Waals surface area contributed by atoms with E-state index < -0.39 is 0 Å². The minimum atomic E-state index is 0.412. The van der Waals surface area contributed by atoms with Gasteiger partial charge in [-0.2, -0.15) is 0 Å². The smallest absolute Gasteiger partial charge is 0.109 e. The van der Waals surface area contributed by atoms with E-state index in [1.807, 2.05) is 12.3 Å². The second kappa shape index (κ2) is 3.55. The first-order valence-corrected chi connectivity index (χ1v) is 5.90. The Morgan fingerprint density at radius 2 is 2.06 bits per heavy atom. The number of imidazole rings is 1. The molecule has 17 heavy (non-hydrogen) atoms. The number of hydrogen-bond acceptors (Lipinski definition) is 2. The van der Waals surface area contributed by atoms with Gasteiger partial charge in [-0.15, -0.1) is 0 Å². The van der Waals surface area contributed by atoms with Crippen molar-refractivity contribution in [1.82, 2.24) is 15.0 Å². The van der Waals surface area contributed by atoms with Crippen molar-refractivity contribution in [3.63, 3.8) is 0 Å².